The minimum Gasteiger partial charge on any atom is -0.494 e. The van der Waals surface area contributed by atoms with Crippen LogP contribution in [-0.2, 0) is 17.7 Å². The molecule has 1 atom stereocenters. The van der Waals surface area contributed by atoms with E-state index in [9.17, 15) is 14.7 Å². The Bertz CT molecular complexity index is 578. The first kappa shape index (κ1) is 14.8. The molecule has 1 saturated heterocycles. The van der Waals surface area contributed by atoms with Gasteiger partial charge in [-0.25, -0.2) is 4.79 Å². The topological polar surface area (TPSA) is 87.6 Å². The standard InChI is InChI=1S/C13H21N3O4/c1-3-10-11(17)14-13(19)16(12(10)18)8-9-7-15(4-2)5-6-20-9/h9,18H,3-8H2,1-2H3,(H,14,17,19). The predicted octanol–water partition coefficient (Wildman–Crippen LogP) is -0.475. The van der Waals surface area contributed by atoms with Crippen LogP contribution in [0, 0.1) is 0 Å². The van der Waals surface area contributed by atoms with Crippen LogP contribution in [0.5, 0.6) is 5.88 Å². The lowest BCUT2D eigenvalue weighted by Gasteiger charge is -2.32. The van der Waals surface area contributed by atoms with Crippen LogP contribution in [0.2, 0.25) is 0 Å². The fourth-order valence-corrected chi connectivity index (χ4v) is 2.47. The molecule has 7 nitrogen and oxygen atoms in total. The molecule has 0 amide bonds. The van der Waals surface area contributed by atoms with Crippen LogP contribution in [0.4, 0.5) is 0 Å². The second-order valence-corrected chi connectivity index (χ2v) is 4.91. The van der Waals surface area contributed by atoms with Gasteiger partial charge in [-0.15, -0.1) is 0 Å². The predicted molar refractivity (Wildman–Crippen MR) is 74.2 cm³/mol. The zero-order chi connectivity index (χ0) is 14.7. The molecule has 20 heavy (non-hydrogen) atoms. The number of aromatic nitrogens is 2. The first-order chi connectivity index (χ1) is 9.56. The van der Waals surface area contributed by atoms with Gasteiger partial charge in [-0.3, -0.25) is 19.2 Å². The van der Waals surface area contributed by atoms with E-state index in [0.717, 1.165) is 13.1 Å². The molecule has 0 saturated carbocycles. The average molecular weight is 283 g/mol. The van der Waals surface area contributed by atoms with Crippen molar-refractivity contribution in [2.45, 2.75) is 32.9 Å². The third-order valence-electron chi connectivity index (χ3n) is 3.68. The van der Waals surface area contributed by atoms with Crippen LogP contribution in [-0.4, -0.2) is 51.9 Å². The first-order valence-electron chi connectivity index (χ1n) is 6.95. The van der Waals surface area contributed by atoms with Crippen molar-refractivity contribution in [1.82, 2.24) is 14.5 Å². The normalized spacial score (nSPS) is 20.2. The second kappa shape index (κ2) is 6.23. The molecule has 7 heteroatoms. The third kappa shape index (κ3) is 2.94. The van der Waals surface area contributed by atoms with E-state index in [0.29, 0.717) is 19.6 Å². The molecule has 1 aliphatic rings. The Labute approximate surface area is 116 Å². The Balaban J connectivity index is 2.25. The van der Waals surface area contributed by atoms with Crippen LogP contribution < -0.4 is 11.2 Å². The molecule has 1 aliphatic heterocycles. The van der Waals surface area contributed by atoms with E-state index in [1.165, 1.54) is 4.57 Å². The highest BCUT2D eigenvalue weighted by Crippen LogP contribution is 2.13. The number of nitrogens with zero attached hydrogens (tertiary/aromatic N) is 2. The van der Waals surface area contributed by atoms with Crippen molar-refractivity contribution in [2.24, 2.45) is 0 Å². The SMILES string of the molecule is CCc1c(O)n(CC2CN(CC)CCO2)c(=O)[nH]c1=O. The van der Waals surface area contributed by atoms with Gasteiger partial charge in [0.25, 0.3) is 5.56 Å². The van der Waals surface area contributed by atoms with Crippen molar-refractivity contribution in [3.05, 3.63) is 26.4 Å². The molecule has 2 rings (SSSR count). The van der Waals surface area contributed by atoms with Crippen LogP contribution in [0.25, 0.3) is 0 Å². The smallest absolute Gasteiger partial charge is 0.331 e. The lowest BCUT2D eigenvalue weighted by molar-refractivity contribution is -0.0357. The Hall–Kier alpha value is -1.60. The number of hydrogen-bond acceptors (Lipinski definition) is 5. The summed E-state index contributed by atoms with van der Waals surface area (Å²) >= 11 is 0. The number of aromatic hydroxyl groups is 1. The molecule has 1 unspecified atom stereocenters. The largest absolute Gasteiger partial charge is 0.494 e. The van der Waals surface area contributed by atoms with Gasteiger partial charge in [0.2, 0.25) is 5.88 Å². The van der Waals surface area contributed by atoms with Gasteiger partial charge in [0.1, 0.15) is 0 Å². The molecule has 112 valence electrons. The molecule has 1 aromatic rings. The van der Waals surface area contributed by atoms with E-state index in [2.05, 4.69) is 16.8 Å². The molecule has 0 bridgehead atoms. The lowest BCUT2D eigenvalue weighted by atomic mass is 10.2. The summed E-state index contributed by atoms with van der Waals surface area (Å²) < 4.78 is 6.81. The molecule has 0 spiro atoms. The number of morpholine rings is 1. The Morgan fingerprint density at radius 1 is 1.40 bits per heavy atom. The first-order valence-corrected chi connectivity index (χ1v) is 6.95. The summed E-state index contributed by atoms with van der Waals surface area (Å²) in [7, 11) is 0. The maximum absolute atomic E-state index is 11.8. The number of rotatable bonds is 4. The third-order valence-corrected chi connectivity index (χ3v) is 3.68. The van der Waals surface area contributed by atoms with Crippen molar-refractivity contribution >= 4 is 0 Å². The van der Waals surface area contributed by atoms with E-state index in [-0.39, 0.29) is 24.1 Å². The maximum Gasteiger partial charge on any atom is 0.331 e. The van der Waals surface area contributed by atoms with E-state index in [1.807, 2.05) is 0 Å². The van der Waals surface area contributed by atoms with Crippen molar-refractivity contribution < 1.29 is 9.84 Å². The van der Waals surface area contributed by atoms with Crippen molar-refractivity contribution in [3.8, 4) is 5.88 Å². The number of likely N-dealkylation sites (N-methyl/N-ethyl adjacent to an activating group) is 1. The summed E-state index contributed by atoms with van der Waals surface area (Å²) in [6.45, 7) is 7.19. The monoisotopic (exact) mass is 283 g/mol. The lowest BCUT2D eigenvalue weighted by Crippen LogP contribution is -2.45. The van der Waals surface area contributed by atoms with Gasteiger partial charge < -0.3 is 9.84 Å². The fourth-order valence-electron chi connectivity index (χ4n) is 2.47. The molecule has 1 aromatic heterocycles. The minimum atomic E-state index is -0.595. The van der Waals surface area contributed by atoms with Gasteiger partial charge in [0.05, 0.1) is 24.8 Å². The Morgan fingerprint density at radius 3 is 2.80 bits per heavy atom. The highest BCUT2D eigenvalue weighted by atomic mass is 16.5. The number of nitrogens with one attached hydrogen (secondary N) is 1. The Kier molecular flexibility index (Phi) is 4.61. The highest BCUT2D eigenvalue weighted by molar-refractivity contribution is 5.22. The Morgan fingerprint density at radius 2 is 2.15 bits per heavy atom. The summed E-state index contributed by atoms with van der Waals surface area (Å²) in [5.74, 6) is -0.251. The van der Waals surface area contributed by atoms with Crippen LogP contribution in [0.3, 0.4) is 0 Å². The maximum atomic E-state index is 11.8. The average Bonchev–Trinajstić information content (AvgIpc) is 2.44. The summed E-state index contributed by atoms with van der Waals surface area (Å²) in [5, 5.41) is 10.1. The summed E-state index contributed by atoms with van der Waals surface area (Å²) in [6.07, 6.45) is 0.205. The summed E-state index contributed by atoms with van der Waals surface area (Å²) in [5.41, 5.74) is -0.888. The highest BCUT2D eigenvalue weighted by Gasteiger charge is 2.22. The molecule has 0 aliphatic carbocycles. The molecule has 2 heterocycles. The molecule has 1 fully saturated rings. The molecule has 0 radical (unpaired) electrons. The van der Waals surface area contributed by atoms with E-state index >= 15 is 0 Å². The van der Waals surface area contributed by atoms with Gasteiger partial charge in [0, 0.05) is 13.1 Å². The number of aromatic amines is 1. The van der Waals surface area contributed by atoms with Gasteiger partial charge in [-0.1, -0.05) is 13.8 Å². The minimum absolute atomic E-state index is 0.164. The summed E-state index contributed by atoms with van der Waals surface area (Å²) in [4.78, 5) is 27.9. The second-order valence-electron chi connectivity index (χ2n) is 4.91. The fraction of sp³-hybridized carbons (Fsp3) is 0.692. The van der Waals surface area contributed by atoms with Crippen LogP contribution in [0.15, 0.2) is 9.59 Å². The van der Waals surface area contributed by atoms with E-state index < -0.39 is 11.2 Å². The van der Waals surface area contributed by atoms with Crippen LogP contribution in [0.1, 0.15) is 19.4 Å². The van der Waals surface area contributed by atoms with Gasteiger partial charge in [-0.2, -0.15) is 0 Å². The quantitative estimate of drug-likeness (QED) is 0.779. The van der Waals surface area contributed by atoms with Crippen molar-refractivity contribution in [2.75, 3.05) is 26.2 Å². The van der Waals surface area contributed by atoms with Crippen molar-refractivity contribution in [3.63, 3.8) is 0 Å². The molecular formula is C13H21N3O4. The molecular weight excluding hydrogens is 262 g/mol. The van der Waals surface area contributed by atoms with E-state index in [4.69, 9.17) is 4.74 Å². The van der Waals surface area contributed by atoms with Crippen molar-refractivity contribution in [1.29, 1.82) is 0 Å². The number of ether oxygens (including phenoxy) is 1. The van der Waals surface area contributed by atoms with Crippen LogP contribution >= 0.6 is 0 Å². The zero-order valence-corrected chi connectivity index (χ0v) is 11.9. The van der Waals surface area contributed by atoms with Gasteiger partial charge >= 0.3 is 5.69 Å². The van der Waals surface area contributed by atoms with E-state index in [1.54, 1.807) is 6.92 Å². The number of H-pyrrole nitrogens is 1. The summed E-state index contributed by atoms with van der Waals surface area (Å²) in [6, 6.07) is 0. The molecule has 2 N–H and O–H groups in total. The van der Waals surface area contributed by atoms with Gasteiger partial charge in [-0.05, 0) is 13.0 Å². The molecule has 0 aromatic carbocycles. The van der Waals surface area contributed by atoms with Gasteiger partial charge in [0.15, 0.2) is 0 Å². The number of hydrogen-bond donors (Lipinski definition) is 2. The zero-order valence-electron chi connectivity index (χ0n) is 11.9.